The summed E-state index contributed by atoms with van der Waals surface area (Å²) >= 11 is 0. The minimum atomic E-state index is -3.67. The van der Waals surface area contributed by atoms with E-state index in [9.17, 15) is 13.2 Å². The molecule has 2 aromatic carbocycles. The maximum absolute atomic E-state index is 13.5. The van der Waals surface area contributed by atoms with Crippen LogP contribution in [-0.2, 0) is 14.8 Å². The molecule has 6 nitrogen and oxygen atoms in total. The van der Waals surface area contributed by atoms with Crippen molar-refractivity contribution in [2.45, 2.75) is 44.2 Å². The van der Waals surface area contributed by atoms with E-state index >= 15 is 0 Å². The number of hydrogen-bond acceptors (Lipinski definition) is 5. The van der Waals surface area contributed by atoms with Crippen LogP contribution in [0, 0.1) is 6.92 Å². The Bertz CT molecular complexity index is 992. The maximum Gasteiger partial charge on any atom is 0.337 e. The van der Waals surface area contributed by atoms with Crippen molar-refractivity contribution in [3.8, 4) is 0 Å². The summed E-state index contributed by atoms with van der Waals surface area (Å²) in [5.41, 5.74) is 2.13. The Kier molecular flexibility index (Phi) is 6.95. The van der Waals surface area contributed by atoms with Gasteiger partial charge in [0.15, 0.2) is 0 Å². The Morgan fingerprint density at radius 2 is 1.93 bits per heavy atom. The van der Waals surface area contributed by atoms with Gasteiger partial charge in [0.05, 0.1) is 17.6 Å². The highest BCUT2D eigenvalue weighted by Crippen LogP contribution is 2.30. The Morgan fingerprint density at radius 3 is 2.53 bits per heavy atom. The number of sulfonamides is 1. The van der Waals surface area contributed by atoms with Gasteiger partial charge in [-0.15, -0.1) is 0 Å². The van der Waals surface area contributed by atoms with E-state index in [1.54, 1.807) is 17.3 Å². The van der Waals surface area contributed by atoms with E-state index in [4.69, 9.17) is 4.74 Å². The fourth-order valence-corrected chi connectivity index (χ4v) is 6.09. The number of aryl methyl sites for hydroxylation is 1. The summed E-state index contributed by atoms with van der Waals surface area (Å²) in [6.07, 6.45) is 0.795. The van der Waals surface area contributed by atoms with Crippen molar-refractivity contribution in [3.05, 3.63) is 65.2 Å². The molecule has 1 aliphatic rings. The van der Waals surface area contributed by atoms with Gasteiger partial charge in [-0.1, -0.05) is 37.3 Å². The number of carbonyl (C=O) groups excluding carboxylic acids is 1. The number of likely N-dealkylation sites (tertiary alicyclic amines) is 1. The third kappa shape index (κ3) is 4.43. The molecule has 0 spiro atoms. The van der Waals surface area contributed by atoms with E-state index < -0.39 is 16.0 Å². The zero-order chi connectivity index (χ0) is 21.9. The Labute approximate surface area is 179 Å². The van der Waals surface area contributed by atoms with Crippen molar-refractivity contribution in [1.29, 1.82) is 0 Å². The summed E-state index contributed by atoms with van der Waals surface area (Å²) in [6.45, 7) is 7.71. The molecule has 0 aromatic heterocycles. The van der Waals surface area contributed by atoms with Gasteiger partial charge < -0.3 is 4.74 Å². The second kappa shape index (κ2) is 9.29. The van der Waals surface area contributed by atoms with E-state index in [1.165, 1.54) is 24.8 Å². The molecular formula is C23H30N2O4S. The van der Waals surface area contributed by atoms with Gasteiger partial charge in [0.25, 0.3) is 0 Å². The molecule has 0 N–H and O–H groups in total. The third-order valence-electron chi connectivity index (χ3n) is 5.93. The van der Waals surface area contributed by atoms with Crippen molar-refractivity contribution in [2.24, 2.45) is 0 Å². The molecule has 162 valence electrons. The molecule has 7 heteroatoms. The van der Waals surface area contributed by atoms with Crippen molar-refractivity contribution >= 4 is 16.0 Å². The van der Waals surface area contributed by atoms with E-state index in [-0.39, 0.29) is 17.0 Å². The minimum Gasteiger partial charge on any atom is -0.465 e. The van der Waals surface area contributed by atoms with Crippen LogP contribution in [0.15, 0.2) is 53.4 Å². The number of methoxy groups -OCH3 is 1. The van der Waals surface area contributed by atoms with Gasteiger partial charge in [0, 0.05) is 31.7 Å². The molecule has 2 unspecified atom stereocenters. The largest absolute Gasteiger partial charge is 0.465 e. The van der Waals surface area contributed by atoms with Crippen LogP contribution in [0.1, 0.15) is 47.8 Å². The van der Waals surface area contributed by atoms with Gasteiger partial charge in [-0.25, -0.2) is 13.2 Å². The SMILES string of the molecule is CCN(C1CCN(C(C)c2ccccc2)C1)S(=O)(=O)c1ccc(C(=O)OC)cc1C. The Hall–Kier alpha value is -2.22. The van der Waals surface area contributed by atoms with Crippen LogP contribution >= 0.6 is 0 Å². The van der Waals surface area contributed by atoms with Crippen LogP contribution in [0.2, 0.25) is 0 Å². The number of ether oxygens (including phenoxy) is 1. The molecule has 2 atom stereocenters. The van der Waals surface area contributed by atoms with Crippen LogP contribution in [0.25, 0.3) is 0 Å². The van der Waals surface area contributed by atoms with Gasteiger partial charge in [-0.2, -0.15) is 4.31 Å². The van der Waals surface area contributed by atoms with Crippen molar-refractivity contribution in [2.75, 3.05) is 26.7 Å². The molecule has 30 heavy (non-hydrogen) atoms. The zero-order valence-corrected chi connectivity index (χ0v) is 18.9. The monoisotopic (exact) mass is 430 g/mol. The average Bonchev–Trinajstić information content (AvgIpc) is 3.22. The quantitative estimate of drug-likeness (QED) is 0.628. The molecule has 0 radical (unpaired) electrons. The molecule has 1 aliphatic heterocycles. The molecule has 2 aromatic rings. The zero-order valence-electron chi connectivity index (χ0n) is 18.0. The minimum absolute atomic E-state index is 0.0779. The van der Waals surface area contributed by atoms with E-state index in [0.717, 1.165) is 13.0 Å². The van der Waals surface area contributed by atoms with Crippen molar-refractivity contribution in [1.82, 2.24) is 9.21 Å². The van der Waals surface area contributed by atoms with Gasteiger partial charge in [0.2, 0.25) is 10.0 Å². The van der Waals surface area contributed by atoms with E-state index in [0.29, 0.717) is 24.2 Å². The molecule has 1 fully saturated rings. The number of likely N-dealkylation sites (N-methyl/N-ethyl adjacent to an activating group) is 1. The second-order valence-corrected chi connectivity index (χ2v) is 9.56. The number of hydrogen-bond donors (Lipinski definition) is 0. The van der Waals surface area contributed by atoms with Crippen molar-refractivity contribution in [3.63, 3.8) is 0 Å². The molecule has 1 heterocycles. The van der Waals surface area contributed by atoms with Gasteiger partial charge >= 0.3 is 5.97 Å². The normalized spacial score (nSPS) is 18.5. The summed E-state index contributed by atoms with van der Waals surface area (Å²) in [5, 5.41) is 0. The third-order valence-corrected chi connectivity index (χ3v) is 8.11. The Morgan fingerprint density at radius 1 is 1.23 bits per heavy atom. The fourth-order valence-electron chi connectivity index (χ4n) is 4.23. The number of esters is 1. The first kappa shape index (κ1) is 22.5. The lowest BCUT2D eigenvalue weighted by Gasteiger charge is -2.29. The summed E-state index contributed by atoms with van der Waals surface area (Å²) < 4.78 is 33.3. The van der Waals surface area contributed by atoms with E-state index in [1.807, 2.05) is 25.1 Å². The molecule has 0 amide bonds. The number of carbonyl (C=O) groups is 1. The first-order valence-corrected chi connectivity index (χ1v) is 11.7. The number of benzene rings is 2. The second-order valence-electron chi connectivity index (χ2n) is 7.70. The lowest BCUT2D eigenvalue weighted by atomic mass is 10.1. The van der Waals surface area contributed by atoms with Crippen LogP contribution in [0.5, 0.6) is 0 Å². The molecule has 0 saturated carbocycles. The van der Waals surface area contributed by atoms with Crippen LogP contribution in [0.4, 0.5) is 0 Å². The highest BCUT2D eigenvalue weighted by molar-refractivity contribution is 7.89. The van der Waals surface area contributed by atoms with Crippen LogP contribution in [-0.4, -0.2) is 56.4 Å². The fraction of sp³-hybridized carbons (Fsp3) is 0.435. The summed E-state index contributed by atoms with van der Waals surface area (Å²) in [7, 11) is -2.36. The summed E-state index contributed by atoms with van der Waals surface area (Å²) in [4.78, 5) is 14.3. The Balaban J connectivity index is 1.81. The first-order chi connectivity index (χ1) is 14.3. The number of rotatable bonds is 7. The summed E-state index contributed by atoms with van der Waals surface area (Å²) in [6, 6.07) is 15.0. The lowest BCUT2D eigenvalue weighted by molar-refractivity contribution is 0.0600. The number of nitrogens with zero attached hydrogens (tertiary/aromatic N) is 2. The smallest absolute Gasteiger partial charge is 0.337 e. The predicted molar refractivity (Wildman–Crippen MR) is 117 cm³/mol. The van der Waals surface area contributed by atoms with Crippen molar-refractivity contribution < 1.29 is 17.9 Å². The molecule has 0 bridgehead atoms. The highest BCUT2D eigenvalue weighted by Gasteiger charge is 2.37. The molecule has 3 rings (SSSR count). The molecule has 1 saturated heterocycles. The average molecular weight is 431 g/mol. The van der Waals surface area contributed by atoms with E-state index in [2.05, 4.69) is 24.0 Å². The lowest BCUT2D eigenvalue weighted by Crippen LogP contribution is -2.42. The molecular weight excluding hydrogens is 400 g/mol. The van der Waals surface area contributed by atoms with Crippen LogP contribution < -0.4 is 0 Å². The topological polar surface area (TPSA) is 66.9 Å². The standard InChI is InChI=1S/C23H30N2O4S/c1-5-25(21-13-14-24(16-21)18(3)19-9-7-6-8-10-19)30(27,28)22-12-11-20(15-17(22)2)23(26)29-4/h6-12,15,18,21H,5,13-14,16H2,1-4H3. The first-order valence-electron chi connectivity index (χ1n) is 10.3. The van der Waals surface area contributed by atoms with Crippen LogP contribution in [0.3, 0.4) is 0 Å². The van der Waals surface area contributed by atoms with Gasteiger partial charge in [-0.3, -0.25) is 4.90 Å². The van der Waals surface area contributed by atoms with Gasteiger partial charge in [0.1, 0.15) is 0 Å². The predicted octanol–water partition coefficient (Wildman–Crippen LogP) is 3.63. The molecule has 0 aliphatic carbocycles. The maximum atomic E-state index is 13.5. The highest BCUT2D eigenvalue weighted by atomic mass is 32.2. The van der Waals surface area contributed by atoms with Gasteiger partial charge in [-0.05, 0) is 49.6 Å². The summed E-state index contributed by atoms with van der Waals surface area (Å²) in [5.74, 6) is -0.476.